The summed E-state index contributed by atoms with van der Waals surface area (Å²) >= 11 is 6.79. The van der Waals surface area contributed by atoms with Crippen molar-refractivity contribution in [3.8, 4) is 21.1 Å². The fourth-order valence-electron chi connectivity index (χ4n) is 1.70. The van der Waals surface area contributed by atoms with Crippen LogP contribution in [0.5, 0.6) is 0 Å². The van der Waals surface area contributed by atoms with Crippen LogP contribution >= 0.6 is 38.6 Å². The Hall–Kier alpha value is -1.04. The Labute approximate surface area is 121 Å². The third-order valence-corrected chi connectivity index (χ3v) is 5.00. The first-order valence-electron chi connectivity index (χ1n) is 5.36. The summed E-state index contributed by atoms with van der Waals surface area (Å²) in [5.74, 6) is 0. The van der Waals surface area contributed by atoms with E-state index in [9.17, 15) is 0 Å². The molecule has 0 saturated heterocycles. The topological polar surface area (TPSA) is 25.8 Å². The van der Waals surface area contributed by atoms with Crippen LogP contribution in [0.1, 0.15) is 4.88 Å². The summed E-state index contributed by atoms with van der Waals surface area (Å²) in [5.41, 5.74) is 4.06. The van der Waals surface area contributed by atoms with Crippen LogP contribution in [-0.2, 0) is 0 Å². The predicted molar refractivity (Wildman–Crippen MR) is 81.1 cm³/mol. The molecule has 3 aromatic rings. The first-order chi connectivity index (χ1) is 8.74. The van der Waals surface area contributed by atoms with Crippen molar-refractivity contribution in [3.63, 3.8) is 0 Å². The zero-order valence-corrected chi connectivity index (χ0v) is 12.8. The molecule has 0 fully saturated rings. The number of thiazole rings is 2. The van der Waals surface area contributed by atoms with Gasteiger partial charge in [-0.05, 0) is 19.1 Å². The third-order valence-electron chi connectivity index (χ3n) is 2.56. The van der Waals surface area contributed by atoms with Gasteiger partial charge in [0, 0.05) is 21.1 Å². The SMILES string of the molecule is Cc1sc(-c2cncs2)nc1-c1ccc(Br)cc1. The van der Waals surface area contributed by atoms with E-state index in [1.165, 1.54) is 4.88 Å². The Kier molecular flexibility index (Phi) is 3.28. The van der Waals surface area contributed by atoms with Crippen molar-refractivity contribution in [1.82, 2.24) is 9.97 Å². The van der Waals surface area contributed by atoms with Crippen LogP contribution in [0.15, 0.2) is 40.4 Å². The fourth-order valence-corrected chi connectivity index (χ4v) is 3.58. The second-order valence-electron chi connectivity index (χ2n) is 3.80. The summed E-state index contributed by atoms with van der Waals surface area (Å²) in [7, 11) is 0. The van der Waals surface area contributed by atoms with Crippen LogP contribution in [0.25, 0.3) is 21.1 Å². The predicted octanol–water partition coefficient (Wildman–Crippen LogP) is 5.00. The van der Waals surface area contributed by atoms with E-state index in [0.717, 1.165) is 25.6 Å². The van der Waals surface area contributed by atoms with E-state index >= 15 is 0 Å². The first-order valence-corrected chi connectivity index (χ1v) is 7.85. The molecule has 0 aliphatic carbocycles. The highest BCUT2D eigenvalue weighted by Gasteiger charge is 2.12. The van der Waals surface area contributed by atoms with E-state index in [-0.39, 0.29) is 0 Å². The summed E-state index contributed by atoms with van der Waals surface area (Å²) in [5, 5.41) is 1.05. The Morgan fingerprint density at radius 1 is 1.17 bits per heavy atom. The largest absolute Gasteiger partial charge is 0.252 e. The first kappa shape index (κ1) is 12.0. The molecule has 0 unspecified atom stereocenters. The van der Waals surface area contributed by atoms with E-state index in [4.69, 9.17) is 4.98 Å². The van der Waals surface area contributed by atoms with Gasteiger partial charge in [0.25, 0.3) is 0 Å². The lowest BCUT2D eigenvalue weighted by atomic mass is 10.1. The number of aromatic nitrogens is 2. The second kappa shape index (κ2) is 4.91. The molecule has 2 aromatic heterocycles. The Bertz CT molecular complexity index is 657. The molecule has 1 aromatic carbocycles. The average molecular weight is 337 g/mol. The van der Waals surface area contributed by atoms with E-state index in [2.05, 4.69) is 40.0 Å². The quantitative estimate of drug-likeness (QED) is 0.657. The number of halogens is 1. The number of benzene rings is 1. The van der Waals surface area contributed by atoms with Gasteiger partial charge in [-0.2, -0.15) is 0 Å². The maximum atomic E-state index is 4.73. The molecule has 0 saturated carbocycles. The molecular weight excluding hydrogens is 328 g/mol. The minimum absolute atomic E-state index is 1.05. The van der Waals surface area contributed by atoms with E-state index < -0.39 is 0 Å². The molecule has 2 nitrogen and oxygen atoms in total. The number of rotatable bonds is 2. The van der Waals surface area contributed by atoms with Gasteiger partial charge in [-0.15, -0.1) is 22.7 Å². The van der Waals surface area contributed by atoms with Gasteiger partial charge in [0.05, 0.1) is 16.1 Å². The third kappa shape index (κ3) is 2.25. The Morgan fingerprint density at radius 2 is 1.94 bits per heavy atom. The van der Waals surface area contributed by atoms with Crippen LogP contribution < -0.4 is 0 Å². The minimum atomic E-state index is 1.05. The van der Waals surface area contributed by atoms with Crippen molar-refractivity contribution < 1.29 is 0 Å². The van der Waals surface area contributed by atoms with Crippen LogP contribution in [0.2, 0.25) is 0 Å². The number of aryl methyl sites for hydroxylation is 1. The lowest BCUT2D eigenvalue weighted by molar-refractivity contribution is 1.36. The molecule has 0 N–H and O–H groups in total. The molecule has 90 valence electrons. The zero-order chi connectivity index (χ0) is 12.5. The van der Waals surface area contributed by atoms with Crippen LogP contribution in [0.3, 0.4) is 0 Å². The maximum Gasteiger partial charge on any atom is 0.135 e. The summed E-state index contributed by atoms with van der Waals surface area (Å²) < 4.78 is 1.09. The molecule has 0 amide bonds. The van der Waals surface area contributed by atoms with Gasteiger partial charge in [0.1, 0.15) is 5.01 Å². The monoisotopic (exact) mass is 336 g/mol. The molecule has 18 heavy (non-hydrogen) atoms. The number of hydrogen-bond acceptors (Lipinski definition) is 4. The van der Waals surface area contributed by atoms with E-state index in [1.54, 1.807) is 22.7 Å². The fraction of sp³-hybridized carbons (Fsp3) is 0.0769. The highest BCUT2D eigenvalue weighted by Crippen LogP contribution is 2.34. The minimum Gasteiger partial charge on any atom is -0.252 e. The molecule has 2 heterocycles. The van der Waals surface area contributed by atoms with Gasteiger partial charge < -0.3 is 0 Å². The van der Waals surface area contributed by atoms with Gasteiger partial charge in [0.15, 0.2) is 0 Å². The summed E-state index contributed by atoms with van der Waals surface area (Å²) in [6.07, 6.45) is 1.87. The van der Waals surface area contributed by atoms with Crippen molar-refractivity contribution in [2.45, 2.75) is 6.92 Å². The molecule has 0 atom stereocenters. The summed E-state index contributed by atoms with van der Waals surface area (Å²) in [6.45, 7) is 2.11. The highest BCUT2D eigenvalue weighted by molar-refractivity contribution is 9.10. The van der Waals surface area contributed by atoms with Crippen molar-refractivity contribution in [1.29, 1.82) is 0 Å². The number of hydrogen-bond donors (Lipinski definition) is 0. The van der Waals surface area contributed by atoms with E-state index in [1.807, 2.05) is 23.8 Å². The lowest BCUT2D eigenvalue weighted by Gasteiger charge is -1.98. The molecule has 3 rings (SSSR count). The number of nitrogens with zero attached hydrogens (tertiary/aromatic N) is 2. The van der Waals surface area contributed by atoms with Gasteiger partial charge in [-0.25, -0.2) is 4.98 Å². The molecule has 0 radical (unpaired) electrons. The normalized spacial score (nSPS) is 10.8. The molecule has 0 bridgehead atoms. The molecule has 5 heteroatoms. The highest BCUT2D eigenvalue weighted by atomic mass is 79.9. The van der Waals surface area contributed by atoms with Gasteiger partial charge >= 0.3 is 0 Å². The molecule has 0 aliphatic rings. The Morgan fingerprint density at radius 3 is 2.61 bits per heavy atom. The standard InChI is InChI=1S/C13H9BrN2S2/c1-8-12(9-2-4-10(14)5-3-9)16-13(18-8)11-6-15-7-17-11/h2-7H,1H3. The van der Waals surface area contributed by atoms with Gasteiger partial charge in [-0.3, -0.25) is 4.98 Å². The van der Waals surface area contributed by atoms with Crippen molar-refractivity contribution in [3.05, 3.63) is 45.3 Å². The van der Waals surface area contributed by atoms with E-state index in [0.29, 0.717) is 0 Å². The summed E-state index contributed by atoms with van der Waals surface area (Å²) in [6, 6.07) is 8.26. The Balaban J connectivity index is 2.06. The van der Waals surface area contributed by atoms with Crippen molar-refractivity contribution in [2.24, 2.45) is 0 Å². The zero-order valence-electron chi connectivity index (χ0n) is 9.55. The molecule has 0 spiro atoms. The summed E-state index contributed by atoms with van der Waals surface area (Å²) in [4.78, 5) is 11.2. The van der Waals surface area contributed by atoms with Crippen LogP contribution in [0.4, 0.5) is 0 Å². The molecule has 0 aliphatic heterocycles. The second-order valence-corrected chi connectivity index (χ2v) is 6.80. The van der Waals surface area contributed by atoms with Crippen LogP contribution in [-0.4, -0.2) is 9.97 Å². The van der Waals surface area contributed by atoms with Gasteiger partial charge in [0.2, 0.25) is 0 Å². The average Bonchev–Trinajstić information content (AvgIpc) is 2.99. The smallest absolute Gasteiger partial charge is 0.135 e. The van der Waals surface area contributed by atoms with Crippen molar-refractivity contribution in [2.75, 3.05) is 0 Å². The van der Waals surface area contributed by atoms with Gasteiger partial charge in [-0.1, -0.05) is 28.1 Å². The maximum absolute atomic E-state index is 4.73. The van der Waals surface area contributed by atoms with Crippen LogP contribution in [0, 0.1) is 6.92 Å². The molecular formula is C13H9BrN2S2. The van der Waals surface area contributed by atoms with Crippen molar-refractivity contribution >= 4 is 38.6 Å². The lowest BCUT2D eigenvalue weighted by Crippen LogP contribution is -1.80.